The maximum atomic E-state index is 5.40. The molecular formula is C14H16N4O. The minimum Gasteiger partial charge on any atom is -0.354 e. The van der Waals surface area contributed by atoms with Gasteiger partial charge in [-0.3, -0.25) is 0 Å². The first-order chi connectivity index (χ1) is 9.31. The third-order valence-corrected chi connectivity index (χ3v) is 3.92. The molecule has 0 N–H and O–H groups in total. The molecule has 0 atom stereocenters. The van der Waals surface area contributed by atoms with Crippen LogP contribution in [0.1, 0.15) is 29.8 Å². The normalized spacial score (nSPS) is 17.4. The molecule has 0 saturated carbocycles. The summed E-state index contributed by atoms with van der Waals surface area (Å²) in [6.45, 7) is 4.06. The van der Waals surface area contributed by atoms with E-state index in [1.807, 2.05) is 13.0 Å². The minimum absolute atomic E-state index is 0.778. The monoisotopic (exact) mass is 256 g/mol. The highest BCUT2D eigenvalue weighted by molar-refractivity contribution is 5.62. The van der Waals surface area contributed by atoms with Gasteiger partial charge in [-0.25, -0.2) is 9.97 Å². The third kappa shape index (κ3) is 1.72. The molecule has 0 amide bonds. The van der Waals surface area contributed by atoms with Gasteiger partial charge in [0.2, 0.25) is 5.95 Å². The predicted octanol–water partition coefficient (Wildman–Crippen LogP) is 2.14. The lowest BCUT2D eigenvalue weighted by atomic mass is 10.1. The van der Waals surface area contributed by atoms with Gasteiger partial charge >= 0.3 is 0 Å². The van der Waals surface area contributed by atoms with E-state index in [1.54, 1.807) is 0 Å². The van der Waals surface area contributed by atoms with Gasteiger partial charge in [0.05, 0.1) is 5.69 Å². The van der Waals surface area contributed by atoms with Gasteiger partial charge in [-0.1, -0.05) is 5.16 Å². The van der Waals surface area contributed by atoms with Gasteiger partial charge in [-0.2, -0.15) is 0 Å². The molecule has 0 radical (unpaired) electrons. The van der Waals surface area contributed by atoms with Crippen LogP contribution in [0.4, 0.5) is 5.95 Å². The SMILES string of the molecule is Cc1cc(-c2nc(N3CCC3)nc3c2CCC3)on1. The lowest BCUT2D eigenvalue weighted by Gasteiger charge is -2.31. The van der Waals surface area contributed by atoms with Crippen LogP contribution in [0.2, 0.25) is 0 Å². The summed E-state index contributed by atoms with van der Waals surface area (Å²) in [7, 11) is 0. The van der Waals surface area contributed by atoms with Crippen molar-refractivity contribution in [1.29, 1.82) is 0 Å². The Labute approximate surface area is 111 Å². The van der Waals surface area contributed by atoms with Gasteiger partial charge in [0.15, 0.2) is 5.76 Å². The zero-order valence-electron chi connectivity index (χ0n) is 11.0. The second kappa shape index (κ2) is 4.05. The fraction of sp³-hybridized carbons (Fsp3) is 0.500. The minimum atomic E-state index is 0.778. The standard InChI is InChI=1S/C14H16N4O/c1-9-8-12(19-17-9)13-10-4-2-5-11(10)15-14(16-13)18-6-3-7-18/h8H,2-7H2,1H3. The van der Waals surface area contributed by atoms with Crippen molar-refractivity contribution in [2.45, 2.75) is 32.6 Å². The Morgan fingerprint density at radius 1 is 1.16 bits per heavy atom. The molecule has 4 rings (SSSR count). The van der Waals surface area contributed by atoms with Gasteiger partial charge in [0.25, 0.3) is 0 Å². The first-order valence-corrected chi connectivity index (χ1v) is 6.90. The molecular weight excluding hydrogens is 240 g/mol. The van der Waals surface area contributed by atoms with E-state index in [2.05, 4.69) is 10.1 Å². The highest BCUT2D eigenvalue weighted by atomic mass is 16.5. The number of rotatable bonds is 2. The molecule has 5 heteroatoms. The molecule has 1 aliphatic carbocycles. The molecule has 1 aliphatic heterocycles. The van der Waals surface area contributed by atoms with Crippen molar-refractivity contribution in [2.24, 2.45) is 0 Å². The topological polar surface area (TPSA) is 55.1 Å². The maximum absolute atomic E-state index is 5.40. The second-order valence-corrected chi connectivity index (χ2v) is 5.32. The highest BCUT2D eigenvalue weighted by Gasteiger charge is 2.26. The van der Waals surface area contributed by atoms with E-state index in [-0.39, 0.29) is 0 Å². The molecule has 2 aromatic rings. The fourth-order valence-corrected chi connectivity index (χ4v) is 2.76. The van der Waals surface area contributed by atoms with Crippen LogP contribution in [0.3, 0.4) is 0 Å². The first-order valence-electron chi connectivity index (χ1n) is 6.90. The average molecular weight is 256 g/mol. The average Bonchev–Trinajstić information content (AvgIpc) is 2.94. The van der Waals surface area contributed by atoms with Crippen molar-refractivity contribution in [1.82, 2.24) is 15.1 Å². The number of nitrogens with zero attached hydrogens (tertiary/aromatic N) is 4. The summed E-state index contributed by atoms with van der Waals surface area (Å²) in [5.41, 5.74) is 4.29. The summed E-state index contributed by atoms with van der Waals surface area (Å²) >= 11 is 0. The first kappa shape index (κ1) is 11.0. The van der Waals surface area contributed by atoms with Crippen LogP contribution in [0, 0.1) is 6.92 Å². The van der Waals surface area contributed by atoms with E-state index >= 15 is 0 Å². The van der Waals surface area contributed by atoms with E-state index in [1.165, 1.54) is 17.7 Å². The van der Waals surface area contributed by atoms with Gasteiger partial charge in [0.1, 0.15) is 5.69 Å². The number of hydrogen-bond acceptors (Lipinski definition) is 5. The van der Waals surface area contributed by atoms with Crippen LogP contribution < -0.4 is 4.90 Å². The largest absolute Gasteiger partial charge is 0.354 e. The Kier molecular flexibility index (Phi) is 2.33. The van der Waals surface area contributed by atoms with Gasteiger partial charge in [-0.15, -0.1) is 0 Å². The molecule has 2 aromatic heterocycles. The smallest absolute Gasteiger partial charge is 0.226 e. The van der Waals surface area contributed by atoms with Crippen molar-refractivity contribution in [3.63, 3.8) is 0 Å². The van der Waals surface area contributed by atoms with Crippen molar-refractivity contribution in [3.8, 4) is 11.5 Å². The molecule has 0 spiro atoms. The van der Waals surface area contributed by atoms with E-state index in [0.29, 0.717) is 0 Å². The summed E-state index contributed by atoms with van der Waals surface area (Å²) in [6.07, 6.45) is 4.49. The van der Waals surface area contributed by atoms with Crippen LogP contribution in [-0.2, 0) is 12.8 Å². The number of aryl methyl sites for hydroxylation is 2. The third-order valence-electron chi connectivity index (χ3n) is 3.92. The van der Waals surface area contributed by atoms with Gasteiger partial charge in [-0.05, 0) is 32.6 Å². The quantitative estimate of drug-likeness (QED) is 0.824. The second-order valence-electron chi connectivity index (χ2n) is 5.32. The van der Waals surface area contributed by atoms with E-state index < -0.39 is 0 Å². The van der Waals surface area contributed by atoms with Crippen LogP contribution in [0.15, 0.2) is 10.6 Å². The van der Waals surface area contributed by atoms with Crippen LogP contribution in [0.5, 0.6) is 0 Å². The van der Waals surface area contributed by atoms with Crippen molar-refractivity contribution in [2.75, 3.05) is 18.0 Å². The molecule has 0 unspecified atom stereocenters. The molecule has 0 aromatic carbocycles. The Morgan fingerprint density at radius 2 is 2.05 bits per heavy atom. The van der Waals surface area contributed by atoms with Crippen LogP contribution >= 0.6 is 0 Å². The zero-order valence-corrected chi connectivity index (χ0v) is 11.0. The molecule has 5 nitrogen and oxygen atoms in total. The van der Waals surface area contributed by atoms with Crippen LogP contribution in [-0.4, -0.2) is 28.2 Å². The Morgan fingerprint density at radius 3 is 2.74 bits per heavy atom. The lowest BCUT2D eigenvalue weighted by molar-refractivity contribution is 0.425. The van der Waals surface area contributed by atoms with Gasteiger partial charge in [0, 0.05) is 30.4 Å². The Bertz CT molecular complexity index is 630. The highest BCUT2D eigenvalue weighted by Crippen LogP contribution is 2.32. The van der Waals surface area contributed by atoms with E-state index in [9.17, 15) is 0 Å². The summed E-state index contributed by atoms with van der Waals surface area (Å²) in [4.78, 5) is 11.7. The summed E-state index contributed by atoms with van der Waals surface area (Å²) in [5.74, 6) is 1.63. The van der Waals surface area contributed by atoms with Gasteiger partial charge < -0.3 is 9.42 Å². The summed E-state index contributed by atoms with van der Waals surface area (Å²) in [6, 6.07) is 1.96. The number of aromatic nitrogens is 3. The molecule has 1 saturated heterocycles. The maximum Gasteiger partial charge on any atom is 0.226 e. The number of hydrogen-bond donors (Lipinski definition) is 0. The summed E-state index contributed by atoms with van der Waals surface area (Å²) < 4.78 is 5.40. The van der Waals surface area contributed by atoms with Crippen LogP contribution in [0.25, 0.3) is 11.5 Å². The van der Waals surface area contributed by atoms with E-state index in [0.717, 1.165) is 55.4 Å². The molecule has 19 heavy (non-hydrogen) atoms. The number of fused-ring (bicyclic) bond motifs is 1. The molecule has 0 bridgehead atoms. The lowest BCUT2D eigenvalue weighted by Crippen LogP contribution is -2.38. The Balaban J connectivity index is 1.85. The molecule has 1 fully saturated rings. The number of anilines is 1. The molecule has 2 aliphatic rings. The predicted molar refractivity (Wildman–Crippen MR) is 71.1 cm³/mol. The molecule has 98 valence electrons. The zero-order chi connectivity index (χ0) is 12.8. The van der Waals surface area contributed by atoms with Crippen molar-refractivity contribution in [3.05, 3.63) is 23.0 Å². The van der Waals surface area contributed by atoms with Crippen molar-refractivity contribution >= 4 is 5.95 Å². The van der Waals surface area contributed by atoms with E-state index in [4.69, 9.17) is 14.5 Å². The Hall–Kier alpha value is -1.91. The van der Waals surface area contributed by atoms with Crippen molar-refractivity contribution < 1.29 is 4.52 Å². The summed E-state index contributed by atoms with van der Waals surface area (Å²) in [5, 5.41) is 3.98. The fourth-order valence-electron chi connectivity index (χ4n) is 2.76. The molecule has 3 heterocycles.